The second kappa shape index (κ2) is 18.1. The number of nitrogens with zero attached hydrogens (tertiary/aromatic N) is 1. The smallest absolute Gasteiger partial charge is 0.343 e. The lowest BCUT2D eigenvalue weighted by Gasteiger charge is -2.09. The summed E-state index contributed by atoms with van der Waals surface area (Å²) in [4.78, 5) is 36.7. The van der Waals surface area contributed by atoms with Crippen molar-refractivity contribution in [1.29, 1.82) is 0 Å². The zero-order valence-electron chi connectivity index (χ0n) is 22.3. The van der Waals surface area contributed by atoms with Gasteiger partial charge in [0.1, 0.15) is 11.5 Å². The molecule has 0 aliphatic carbocycles. The number of hydrogen-bond acceptors (Lipinski definition) is 6. The molecule has 0 fully saturated rings. The van der Waals surface area contributed by atoms with E-state index in [9.17, 15) is 14.4 Å². The van der Waals surface area contributed by atoms with E-state index in [-0.39, 0.29) is 18.2 Å². The van der Waals surface area contributed by atoms with Crippen molar-refractivity contribution in [2.24, 2.45) is 5.10 Å². The number of hydrazone groups is 1. The Morgan fingerprint density at radius 1 is 0.895 bits per heavy atom. The molecule has 0 aromatic heterocycles. The number of unbranched alkanes of at least 4 members (excludes halogenated alkanes) is 6. The molecule has 0 saturated carbocycles. The summed E-state index contributed by atoms with van der Waals surface area (Å²) in [6.45, 7) is 4.65. The van der Waals surface area contributed by atoms with Crippen LogP contribution in [0.5, 0.6) is 11.5 Å². The van der Waals surface area contributed by atoms with Gasteiger partial charge in [0.15, 0.2) is 0 Å². The normalized spacial score (nSPS) is 10.8. The predicted molar refractivity (Wildman–Crippen MR) is 153 cm³/mol. The van der Waals surface area contributed by atoms with Crippen LogP contribution in [-0.2, 0) is 9.59 Å². The van der Waals surface area contributed by atoms with Crippen molar-refractivity contribution in [1.82, 2.24) is 10.7 Å². The van der Waals surface area contributed by atoms with E-state index in [2.05, 4.69) is 38.7 Å². The number of esters is 1. The fourth-order valence-corrected chi connectivity index (χ4v) is 3.88. The van der Waals surface area contributed by atoms with E-state index in [1.54, 1.807) is 42.5 Å². The van der Waals surface area contributed by atoms with Gasteiger partial charge in [0.2, 0.25) is 5.91 Å². The molecule has 0 saturated heterocycles. The average Bonchev–Trinajstić information content (AvgIpc) is 2.92. The van der Waals surface area contributed by atoms with Gasteiger partial charge in [0, 0.05) is 16.5 Å². The van der Waals surface area contributed by atoms with Crippen molar-refractivity contribution in [3.8, 4) is 11.5 Å². The SMILES string of the molecule is CCCCCCCCCC(=O)NCC(=O)N/N=C/c1cc(Br)ccc1OC(=O)c1ccc(OCCC)cc1. The first-order chi connectivity index (χ1) is 18.4. The summed E-state index contributed by atoms with van der Waals surface area (Å²) in [5.41, 5.74) is 3.24. The molecule has 0 radical (unpaired) electrons. The third kappa shape index (κ3) is 12.4. The lowest BCUT2D eigenvalue weighted by molar-refractivity contribution is -0.126. The van der Waals surface area contributed by atoms with Gasteiger partial charge in [-0.05, 0) is 55.3 Å². The first-order valence-electron chi connectivity index (χ1n) is 13.3. The molecule has 2 N–H and O–H groups in total. The summed E-state index contributed by atoms with van der Waals surface area (Å²) >= 11 is 3.39. The maximum absolute atomic E-state index is 12.6. The highest BCUT2D eigenvalue weighted by Gasteiger charge is 2.12. The van der Waals surface area contributed by atoms with Crippen LogP contribution in [0, 0.1) is 0 Å². The summed E-state index contributed by atoms with van der Waals surface area (Å²) < 4.78 is 11.8. The second-order valence-corrected chi connectivity index (χ2v) is 9.80. The van der Waals surface area contributed by atoms with E-state index < -0.39 is 11.9 Å². The van der Waals surface area contributed by atoms with Crippen molar-refractivity contribution < 1.29 is 23.9 Å². The van der Waals surface area contributed by atoms with Crippen LogP contribution < -0.4 is 20.2 Å². The maximum atomic E-state index is 12.6. The zero-order valence-corrected chi connectivity index (χ0v) is 23.8. The number of halogens is 1. The molecule has 2 aromatic rings. The monoisotopic (exact) mass is 587 g/mol. The Labute approximate surface area is 233 Å². The number of amides is 2. The summed E-state index contributed by atoms with van der Waals surface area (Å²) in [5, 5.41) is 6.56. The zero-order chi connectivity index (χ0) is 27.6. The van der Waals surface area contributed by atoms with Gasteiger partial charge in [0.05, 0.1) is 24.9 Å². The van der Waals surface area contributed by atoms with Crippen LogP contribution in [0.4, 0.5) is 0 Å². The number of ether oxygens (including phenoxy) is 2. The molecule has 2 rings (SSSR count). The van der Waals surface area contributed by atoms with Gasteiger partial charge < -0.3 is 14.8 Å². The summed E-state index contributed by atoms with van der Waals surface area (Å²) in [5.74, 6) is -0.163. The number of hydrogen-bond donors (Lipinski definition) is 2. The minimum atomic E-state index is -0.531. The predicted octanol–water partition coefficient (Wildman–Crippen LogP) is 6.16. The van der Waals surface area contributed by atoms with Gasteiger partial charge in [-0.15, -0.1) is 0 Å². The van der Waals surface area contributed by atoms with E-state index >= 15 is 0 Å². The van der Waals surface area contributed by atoms with Gasteiger partial charge in [0.25, 0.3) is 5.91 Å². The molecular weight excluding hydrogens is 550 g/mol. The van der Waals surface area contributed by atoms with Crippen LogP contribution in [0.2, 0.25) is 0 Å². The third-order valence-corrected chi connectivity index (χ3v) is 6.08. The average molecular weight is 589 g/mol. The Morgan fingerprint density at radius 2 is 1.61 bits per heavy atom. The summed E-state index contributed by atoms with van der Waals surface area (Å²) in [7, 11) is 0. The molecule has 0 bridgehead atoms. The van der Waals surface area contributed by atoms with Crippen LogP contribution in [0.1, 0.15) is 87.6 Å². The highest BCUT2D eigenvalue weighted by atomic mass is 79.9. The van der Waals surface area contributed by atoms with Gasteiger partial charge in [-0.1, -0.05) is 68.3 Å². The molecule has 2 aromatic carbocycles. The second-order valence-electron chi connectivity index (χ2n) is 8.89. The Bertz CT molecular complexity index is 1060. The molecule has 2 amide bonds. The number of nitrogens with one attached hydrogen (secondary N) is 2. The Hall–Kier alpha value is -3.20. The number of benzene rings is 2. The fourth-order valence-electron chi connectivity index (χ4n) is 3.50. The first-order valence-corrected chi connectivity index (χ1v) is 14.1. The Morgan fingerprint density at radius 3 is 2.32 bits per heavy atom. The number of carbonyl (C=O) groups excluding carboxylic acids is 3. The van der Waals surface area contributed by atoms with Crippen LogP contribution in [-0.4, -0.2) is 37.1 Å². The summed E-state index contributed by atoms with van der Waals surface area (Å²) in [6, 6.07) is 11.8. The third-order valence-electron chi connectivity index (χ3n) is 5.58. The molecule has 0 aliphatic heterocycles. The molecular formula is C29H38BrN3O5. The standard InChI is InChI=1S/C29H38BrN3O5/c1-3-5-6-7-8-9-10-11-27(34)31-21-28(35)33-32-20-23-19-24(30)14-17-26(23)38-29(36)22-12-15-25(16-13-22)37-18-4-2/h12-17,19-20H,3-11,18,21H2,1-2H3,(H,31,34)(H,33,35)/b32-20+. The van der Waals surface area contributed by atoms with E-state index in [0.29, 0.717) is 29.9 Å². The largest absolute Gasteiger partial charge is 0.494 e. The molecule has 0 aliphatic rings. The number of rotatable bonds is 17. The highest BCUT2D eigenvalue weighted by molar-refractivity contribution is 9.10. The van der Waals surface area contributed by atoms with E-state index in [1.165, 1.54) is 31.9 Å². The van der Waals surface area contributed by atoms with Crippen molar-refractivity contribution in [2.75, 3.05) is 13.2 Å². The molecule has 8 nitrogen and oxygen atoms in total. The van der Waals surface area contributed by atoms with E-state index in [4.69, 9.17) is 9.47 Å². The lowest BCUT2D eigenvalue weighted by atomic mass is 10.1. The molecule has 206 valence electrons. The van der Waals surface area contributed by atoms with Crippen LogP contribution in [0.3, 0.4) is 0 Å². The topological polar surface area (TPSA) is 106 Å². The van der Waals surface area contributed by atoms with Crippen LogP contribution in [0.25, 0.3) is 0 Å². The molecule has 0 heterocycles. The number of carbonyl (C=O) groups is 3. The highest BCUT2D eigenvalue weighted by Crippen LogP contribution is 2.23. The van der Waals surface area contributed by atoms with Crippen LogP contribution in [0.15, 0.2) is 52.0 Å². The van der Waals surface area contributed by atoms with Gasteiger partial charge in [-0.25, -0.2) is 10.2 Å². The molecule has 0 atom stereocenters. The van der Waals surface area contributed by atoms with Crippen molar-refractivity contribution in [3.63, 3.8) is 0 Å². The van der Waals surface area contributed by atoms with Gasteiger partial charge in [-0.2, -0.15) is 5.10 Å². The van der Waals surface area contributed by atoms with Gasteiger partial charge in [-0.3, -0.25) is 9.59 Å². The van der Waals surface area contributed by atoms with Gasteiger partial charge >= 0.3 is 5.97 Å². The Kier molecular flexibility index (Phi) is 14.8. The molecule has 9 heteroatoms. The quantitative estimate of drug-likeness (QED) is 0.0757. The first kappa shape index (κ1) is 31.0. The van der Waals surface area contributed by atoms with Crippen molar-refractivity contribution in [2.45, 2.75) is 71.6 Å². The van der Waals surface area contributed by atoms with Crippen molar-refractivity contribution >= 4 is 39.9 Å². The Balaban J connectivity index is 1.80. The lowest BCUT2D eigenvalue weighted by Crippen LogP contribution is -2.34. The van der Waals surface area contributed by atoms with Crippen LogP contribution >= 0.6 is 15.9 Å². The van der Waals surface area contributed by atoms with E-state index in [1.807, 2.05) is 6.92 Å². The summed E-state index contributed by atoms with van der Waals surface area (Å²) in [6.07, 6.45) is 10.6. The van der Waals surface area contributed by atoms with E-state index in [0.717, 1.165) is 30.2 Å². The minimum Gasteiger partial charge on any atom is -0.494 e. The molecule has 0 spiro atoms. The maximum Gasteiger partial charge on any atom is 0.343 e. The molecule has 0 unspecified atom stereocenters. The fraction of sp³-hybridized carbons (Fsp3) is 0.448. The molecule has 38 heavy (non-hydrogen) atoms. The minimum absolute atomic E-state index is 0.149. The van der Waals surface area contributed by atoms with Crippen molar-refractivity contribution in [3.05, 3.63) is 58.1 Å².